The third kappa shape index (κ3) is 6.94. The van der Waals surface area contributed by atoms with Gasteiger partial charge in [-0.25, -0.2) is 0 Å². The monoisotopic (exact) mass is 499 g/mol. The summed E-state index contributed by atoms with van der Waals surface area (Å²) in [5.41, 5.74) is 2.72. The first-order chi connectivity index (χ1) is 18.2. The molecule has 1 heterocycles. The number of fused-ring (bicyclic) bond motifs is 1. The highest BCUT2D eigenvalue weighted by atomic mass is 16.5. The molecular weight excluding hydrogens is 462 g/mol. The summed E-state index contributed by atoms with van der Waals surface area (Å²) in [6.07, 6.45) is 6.90. The van der Waals surface area contributed by atoms with Gasteiger partial charge in [0.05, 0.1) is 12.6 Å². The van der Waals surface area contributed by atoms with Crippen LogP contribution >= 0.6 is 0 Å². The number of benzene rings is 3. The molecule has 0 aliphatic carbocycles. The smallest absolute Gasteiger partial charge is 0.297 e. The predicted octanol–water partition coefficient (Wildman–Crippen LogP) is 7.53. The Kier molecular flexibility index (Phi) is 9.64. The first-order valence-electron chi connectivity index (χ1n) is 13.3. The Bertz CT molecular complexity index is 1320. The minimum absolute atomic E-state index is 0.172. The van der Waals surface area contributed by atoms with Gasteiger partial charge in [0.1, 0.15) is 19.0 Å². The van der Waals surface area contributed by atoms with E-state index in [0.717, 1.165) is 34.9 Å². The molecule has 4 rings (SSSR count). The van der Waals surface area contributed by atoms with Crippen LogP contribution in [0.25, 0.3) is 10.9 Å². The van der Waals surface area contributed by atoms with E-state index in [1.807, 2.05) is 83.4 Å². The number of aromatic nitrogens is 1. The first-order valence-corrected chi connectivity index (χ1v) is 13.3. The van der Waals surface area contributed by atoms with Gasteiger partial charge in [-0.2, -0.15) is 0 Å². The Morgan fingerprint density at radius 1 is 0.703 bits per heavy atom. The van der Waals surface area contributed by atoms with Gasteiger partial charge in [-0.3, -0.25) is 4.79 Å². The number of ether oxygens (including phenoxy) is 3. The molecule has 4 aromatic rings. The van der Waals surface area contributed by atoms with E-state index >= 15 is 0 Å². The molecule has 194 valence electrons. The van der Waals surface area contributed by atoms with Crippen molar-refractivity contribution in [1.82, 2.24) is 4.57 Å². The highest BCUT2D eigenvalue weighted by molar-refractivity contribution is 5.89. The fourth-order valence-corrected chi connectivity index (χ4v) is 4.54. The quantitative estimate of drug-likeness (QED) is 0.168. The number of unbranched alkanes of at least 4 members (excludes halogenated alkanes) is 5. The summed E-state index contributed by atoms with van der Waals surface area (Å²) >= 11 is 0. The average Bonchev–Trinajstić information content (AvgIpc) is 2.94. The van der Waals surface area contributed by atoms with Crippen LogP contribution in [0, 0.1) is 0 Å². The van der Waals surface area contributed by atoms with Crippen molar-refractivity contribution < 1.29 is 14.2 Å². The summed E-state index contributed by atoms with van der Waals surface area (Å²) in [5.74, 6) is 1.43. The van der Waals surface area contributed by atoms with E-state index in [4.69, 9.17) is 14.2 Å². The van der Waals surface area contributed by atoms with E-state index in [9.17, 15) is 4.79 Å². The normalized spacial score (nSPS) is 11.0. The van der Waals surface area contributed by atoms with Gasteiger partial charge in [-0.15, -0.1) is 0 Å². The van der Waals surface area contributed by atoms with Gasteiger partial charge in [0.25, 0.3) is 5.56 Å². The molecule has 0 saturated carbocycles. The van der Waals surface area contributed by atoms with Crippen LogP contribution in [0.2, 0.25) is 0 Å². The number of nitrogens with zero attached hydrogens (tertiary/aromatic N) is 1. The third-order valence-electron chi connectivity index (χ3n) is 6.56. The van der Waals surface area contributed by atoms with Crippen LogP contribution in [0.15, 0.2) is 83.7 Å². The van der Waals surface area contributed by atoms with Crippen LogP contribution in [-0.4, -0.2) is 11.7 Å². The van der Waals surface area contributed by atoms with E-state index in [0.29, 0.717) is 31.3 Å². The summed E-state index contributed by atoms with van der Waals surface area (Å²) < 4.78 is 19.8. The zero-order valence-corrected chi connectivity index (χ0v) is 21.9. The fraction of sp³-hybridized carbons (Fsp3) is 0.344. The van der Waals surface area contributed by atoms with Gasteiger partial charge >= 0.3 is 0 Å². The van der Waals surface area contributed by atoms with E-state index in [1.54, 1.807) is 7.11 Å². The Labute approximate surface area is 219 Å². The Balaban J connectivity index is 1.65. The van der Waals surface area contributed by atoms with Crippen molar-refractivity contribution in [1.29, 1.82) is 0 Å². The molecule has 0 aliphatic rings. The molecule has 0 aliphatic heterocycles. The summed E-state index contributed by atoms with van der Waals surface area (Å²) in [6, 6.07) is 25.7. The van der Waals surface area contributed by atoms with Crippen LogP contribution in [0.5, 0.6) is 17.2 Å². The van der Waals surface area contributed by atoms with Crippen molar-refractivity contribution in [2.24, 2.45) is 0 Å². The van der Waals surface area contributed by atoms with E-state index in [-0.39, 0.29) is 11.3 Å². The maximum atomic E-state index is 13.8. The van der Waals surface area contributed by atoms with Crippen molar-refractivity contribution in [3.8, 4) is 17.2 Å². The average molecular weight is 500 g/mol. The van der Waals surface area contributed by atoms with Crippen LogP contribution in [0.3, 0.4) is 0 Å². The Morgan fingerprint density at radius 3 is 1.97 bits per heavy atom. The van der Waals surface area contributed by atoms with Crippen molar-refractivity contribution in [2.75, 3.05) is 7.11 Å². The molecule has 0 saturated heterocycles. The summed E-state index contributed by atoms with van der Waals surface area (Å²) in [7, 11) is 1.58. The molecule has 3 aromatic carbocycles. The van der Waals surface area contributed by atoms with E-state index in [2.05, 4.69) is 6.92 Å². The molecule has 5 nitrogen and oxygen atoms in total. The molecule has 0 bridgehead atoms. The van der Waals surface area contributed by atoms with E-state index in [1.165, 1.54) is 25.7 Å². The van der Waals surface area contributed by atoms with Crippen molar-refractivity contribution in [2.45, 2.75) is 65.2 Å². The van der Waals surface area contributed by atoms with Gasteiger partial charge in [0.15, 0.2) is 5.75 Å². The van der Waals surface area contributed by atoms with Crippen molar-refractivity contribution >= 4 is 10.9 Å². The summed E-state index contributed by atoms with van der Waals surface area (Å²) in [6.45, 7) is 3.60. The Morgan fingerprint density at radius 2 is 1.32 bits per heavy atom. The highest BCUT2D eigenvalue weighted by Crippen LogP contribution is 2.35. The molecule has 0 radical (unpaired) electrons. The van der Waals surface area contributed by atoms with Crippen LogP contribution in [0.1, 0.15) is 56.6 Å². The number of methoxy groups -OCH3 is 1. The molecule has 0 fully saturated rings. The van der Waals surface area contributed by atoms with Gasteiger partial charge in [0, 0.05) is 18.0 Å². The number of aryl methyl sites for hydroxylation is 1. The molecule has 37 heavy (non-hydrogen) atoms. The molecule has 0 unspecified atom stereocenters. The van der Waals surface area contributed by atoms with Gasteiger partial charge < -0.3 is 18.8 Å². The van der Waals surface area contributed by atoms with Crippen LogP contribution in [-0.2, 0) is 19.8 Å². The maximum absolute atomic E-state index is 13.8. The minimum atomic E-state index is -0.172. The van der Waals surface area contributed by atoms with Gasteiger partial charge in [-0.1, -0.05) is 99.7 Å². The largest absolute Gasteiger partial charge is 0.492 e. The van der Waals surface area contributed by atoms with Crippen LogP contribution in [0.4, 0.5) is 0 Å². The lowest BCUT2D eigenvalue weighted by Crippen LogP contribution is -2.23. The third-order valence-corrected chi connectivity index (χ3v) is 6.56. The molecule has 0 amide bonds. The zero-order valence-electron chi connectivity index (χ0n) is 21.9. The maximum Gasteiger partial charge on any atom is 0.297 e. The SMILES string of the molecule is CCCCCCCCn1c(=O)c(OCc2ccccc2)c(OC)c2ccc(OCc3ccccc3)cc21. The number of pyridine rings is 1. The second kappa shape index (κ2) is 13.5. The predicted molar refractivity (Wildman–Crippen MR) is 150 cm³/mol. The molecular formula is C32H37NO4. The molecule has 0 N–H and O–H groups in total. The minimum Gasteiger partial charge on any atom is -0.492 e. The van der Waals surface area contributed by atoms with Gasteiger partial charge in [0.2, 0.25) is 5.75 Å². The summed E-state index contributed by atoms with van der Waals surface area (Å²) in [4.78, 5) is 13.8. The lowest BCUT2D eigenvalue weighted by atomic mass is 10.1. The number of rotatable bonds is 14. The Hall–Kier alpha value is -3.73. The van der Waals surface area contributed by atoms with Crippen LogP contribution < -0.4 is 19.8 Å². The fourth-order valence-electron chi connectivity index (χ4n) is 4.54. The lowest BCUT2D eigenvalue weighted by molar-refractivity contribution is 0.279. The molecule has 1 aromatic heterocycles. The second-order valence-electron chi connectivity index (χ2n) is 9.31. The molecule has 5 heteroatoms. The zero-order chi connectivity index (χ0) is 25.9. The molecule has 0 spiro atoms. The molecule has 0 atom stereocenters. The van der Waals surface area contributed by atoms with Crippen molar-refractivity contribution in [3.63, 3.8) is 0 Å². The standard InChI is InChI=1S/C32H37NO4/c1-3-4-5-6-7-14-21-33-29-22-27(36-23-25-15-10-8-11-16-25)19-20-28(29)30(35-2)31(32(33)34)37-24-26-17-12-9-13-18-26/h8-13,15-20,22H,3-7,14,21,23-24H2,1-2H3. The lowest BCUT2D eigenvalue weighted by Gasteiger charge is -2.18. The topological polar surface area (TPSA) is 49.7 Å². The second-order valence-corrected chi connectivity index (χ2v) is 9.31. The van der Waals surface area contributed by atoms with Gasteiger partial charge in [-0.05, 0) is 29.7 Å². The summed E-state index contributed by atoms with van der Waals surface area (Å²) in [5, 5.41) is 0.836. The number of hydrogen-bond acceptors (Lipinski definition) is 4. The highest BCUT2D eigenvalue weighted by Gasteiger charge is 2.20. The van der Waals surface area contributed by atoms with E-state index < -0.39 is 0 Å². The van der Waals surface area contributed by atoms with Crippen molar-refractivity contribution in [3.05, 3.63) is 100 Å². The number of hydrogen-bond donors (Lipinski definition) is 0. The first kappa shape index (κ1) is 26.3.